The van der Waals surface area contributed by atoms with Gasteiger partial charge in [-0.1, -0.05) is 43.5 Å². The first-order valence-corrected chi connectivity index (χ1v) is 8.85. The second kappa shape index (κ2) is 6.86. The molecule has 1 saturated heterocycles. The molecule has 1 aliphatic heterocycles. The van der Waals surface area contributed by atoms with Crippen molar-refractivity contribution in [2.45, 2.75) is 51.1 Å². The molecule has 1 N–H and O–H groups in total. The minimum atomic E-state index is -0.774. The normalized spacial score (nSPS) is 19.2. The molecule has 0 aromatic heterocycles. The van der Waals surface area contributed by atoms with Crippen molar-refractivity contribution in [2.75, 3.05) is 13.6 Å². The summed E-state index contributed by atoms with van der Waals surface area (Å²) in [6, 6.07) is 7.43. The van der Waals surface area contributed by atoms with Crippen molar-refractivity contribution >= 4 is 17.8 Å². The Balaban J connectivity index is 1.65. The zero-order valence-electron chi connectivity index (χ0n) is 14.9. The van der Waals surface area contributed by atoms with E-state index < -0.39 is 11.6 Å². The summed E-state index contributed by atoms with van der Waals surface area (Å²) in [7, 11) is 1.70. The van der Waals surface area contributed by atoms with Gasteiger partial charge in [0.15, 0.2) is 0 Å². The molecule has 1 aromatic rings. The van der Waals surface area contributed by atoms with Gasteiger partial charge in [-0.15, -0.1) is 0 Å². The molecular formula is C19H25N3O3. The Labute approximate surface area is 148 Å². The van der Waals surface area contributed by atoms with Gasteiger partial charge < -0.3 is 10.2 Å². The largest absolute Gasteiger partial charge is 0.340 e. The summed E-state index contributed by atoms with van der Waals surface area (Å²) < 4.78 is 0. The van der Waals surface area contributed by atoms with E-state index in [1.54, 1.807) is 11.9 Å². The molecule has 1 aromatic carbocycles. The van der Waals surface area contributed by atoms with Crippen molar-refractivity contribution in [2.24, 2.45) is 0 Å². The van der Waals surface area contributed by atoms with Gasteiger partial charge in [-0.2, -0.15) is 0 Å². The number of benzene rings is 1. The molecule has 2 aliphatic rings. The van der Waals surface area contributed by atoms with E-state index in [-0.39, 0.29) is 18.4 Å². The quantitative estimate of drug-likeness (QED) is 0.852. The first-order chi connectivity index (χ1) is 11.9. The Morgan fingerprint density at radius 2 is 1.88 bits per heavy atom. The molecule has 0 atom stereocenters. The molecule has 1 saturated carbocycles. The summed E-state index contributed by atoms with van der Waals surface area (Å²) in [4.78, 5) is 40.2. The highest BCUT2D eigenvalue weighted by Crippen LogP contribution is 2.33. The number of nitrogens with zero attached hydrogens (tertiary/aromatic N) is 2. The maximum Gasteiger partial charge on any atom is 0.325 e. The van der Waals surface area contributed by atoms with E-state index in [0.29, 0.717) is 19.4 Å². The highest BCUT2D eigenvalue weighted by molar-refractivity contribution is 6.09. The van der Waals surface area contributed by atoms with Crippen LogP contribution in [0.5, 0.6) is 0 Å². The van der Waals surface area contributed by atoms with E-state index in [0.717, 1.165) is 35.3 Å². The Hall–Kier alpha value is -2.37. The molecule has 25 heavy (non-hydrogen) atoms. The summed E-state index contributed by atoms with van der Waals surface area (Å²) in [6.45, 7) is 2.26. The zero-order chi connectivity index (χ0) is 18.0. The third kappa shape index (κ3) is 3.38. The number of imide groups is 1. The second-order valence-corrected chi connectivity index (χ2v) is 7.14. The lowest BCUT2D eigenvalue weighted by Crippen LogP contribution is -2.49. The number of urea groups is 1. The van der Waals surface area contributed by atoms with E-state index in [2.05, 4.69) is 5.32 Å². The number of carbonyl (C=O) groups is 3. The molecule has 4 amide bonds. The first-order valence-electron chi connectivity index (χ1n) is 8.85. The number of carbonyl (C=O) groups excluding carboxylic acids is 3. The molecule has 6 heteroatoms. The summed E-state index contributed by atoms with van der Waals surface area (Å²) in [5.74, 6) is -0.477. The van der Waals surface area contributed by atoms with Gasteiger partial charge in [0.25, 0.3) is 5.91 Å². The van der Waals surface area contributed by atoms with Gasteiger partial charge in [0, 0.05) is 13.6 Å². The SMILES string of the molecule is Cc1ccccc1CN(C)C(=O)CN1C(=O)NC2(CCCCC2)C1=O. The zero-order valence-corrected chi connectivity index (χ0v) is 14.9. The molecule has 1 aliphatic carbocycles. The number of rotatable bonds is 4. The van der Waals surface area contributed by atoms with Crippen LogP contribution in [-0.4, -0.2) is 46.8 Å². The van der Waals surface area contributed by atoms with Crippen LogP contribution in [0.4, 0.5) is 4.79 Å². The summed E-state index contributed by atoms with van der Waals surface area (Å²) in [6.07, 6.45) is 4.29. The number of likely N-dealkylation sites (N-methyl/N-ethyl adjacent to an activating group) is 1. The highest BCUT2D eigenvalue weighted by Gasteiger charge is 2.51. The Bertz CT molecular complexity index is 695. The van der Waals surface area contributed by atoms with Crippen LogP contribution >= 0.6 is 0 Å². The summed E-state index contributed by atoms with van der Waals surface area (Å²) in [5, 5.41) is 2.84. The average molecular weight is 343 g/mol. The lowest BCUT2D eigenvalue weighted by Gasteiger charge is -2.30. The van der Waals surface area contributed by atoms with Crippen LogP contribution in [0.2, 0.25) is 0 Å². The van der Waals surface area contributed by atoms with Crippen molar-refractivity contribution in [3.05, 3.63) is 35.4 Å². The predicted molar refractivity (Wildman–Crippen MR) is 93.7 cm³/mol. The molecule has 0 unspecified atom stereocenters. The monoisotopic (exact) mass is 343 g/mol. The standard InChI is InChI=1S/C19H25N3O3/c1-14-8-4-5-9-15(14)12-21(2)16(23)13-22-17(24)19(20-18(22)25)10-6-3-7-11-19/h4-5,8-9H,3,6-7,10-13H2,1-2H3,(H,20,25). The van der Waals surface area contributed by atoms with Crippen molar-refractivity contribution in [1.29, 1.82) is 0 Å². The van der Waals surface area contributed by atoms with E-state index in [9.17, 15) is 14.4 Å². The van der Waals surface area contributed by atoms with E-state index >= 15 is 0 Å². The fourth-order valence-electron chi connectivity index (χ4n) is 3.70. The second-order valence-electron chi connectivity index (χ2n) is 7.14. The number of hydrogen-bond acceptors (Lipinski definition) is 3. The van der Waals surface area contributed by atoms with Gasteiger partial charge in [0.05, 0.1) is 0 Å². The Kier molecular flexibility index (Phi) is 4.79. The first kappa shape index (κ1) is 17.5. The number of aryl methyl sites for hydroxylation is 1. The Morgan fingerprint density at radius 1 is 1.20 bits per heavy atom. The highest BCUT2D eigenvalue weighted by atomic mass is 16.2. The van der Waals surface area contributed by atoms with Crippen molar-refractivity contribution < 1.29 is 14.4 Å². The molecular weight excluding hydrogens is 318 g/mol. The lowest BCUT2D eigenvalue weighted by atomic mass is 9.82. The number of hydrogen-bond donors (Lipinski definition) is 1. The van der Waals surface area contributed by atoms with Crippen molar-refractivity contribution in [3.8, 4) is 0 Å². The predicted octanol–water partition coefficient (Wildman–Crippen LogP) is 2.21. The molecule has 0 radical (unpaired) electrons. The Morgan fingerprint density at radius 3 is 2.56 bits per heavy atom. The third-order valence-electron chi connectivity index (χ3n) is 5.34. The molecule has 2 fully saturated rings. The molecule has 134 valence electrons. The van der Waals surface area contributed by atoms with Crippen molar-refractivity contribution in [1.82, 2.24) is 15.1 Å². The molecule has 0 bridgehead atoms. The van der Waals surface area contributed by atoms with Gasteiger partial charge in [0.1, 0.15) is 12.1 Å². The van der Waals surface area contributed by atoms with Crippen LogP contribution in [0.15, 0.2) is 24.3 Å². The third-order valence-corrected chi connectivity index (χ3v) is 5.34. The molecule has 6 nitrogen and oxygen atoms in total. The summed E-state index contributed by atoms with van der Waals surface area (Å²) >= 11 is 0. The number of nitrogens with one attached hydrogen (secondary N) is 1. The van der Waals surface area contributed by atoms with Crippen LogP contribution in [0.25, 0.3) is 0 Å². The fourth-order valence-corrected chi connectivity index (χ4v) is 3.70. The van der Waals surface area contributed by atoms with Crippen LogP contribution in [0.1, 0.15) is 43.2 Å². The summed E-state index contributed by atoms with van der Waals surface area (Å²) in [5.41, 5.74) is 1.39. The fraction of sp³-hybridized carbons (Fsp3) is 0.526. The van der Waals surface area contributed by atoms with E-state index in [1.807, 2.05) is 31.2 Å². The van der Waals surface area contributed by atoms with Crippen LogP contribution in [0.3, 0.4) is 0 Å². The van der Waals surface area contributed by atoms with Crippen LogP contribution in [0, 0.1) is 6.92 Å². The molecule has 3 rings (SSSR count). The smallest absolute Gasteiger partial charge is 0.325 e. The van der Waals surface area contributed by atoms with Crippen LogP contribution in [-0.2, 0) is 16.1 Å². The van der Waals surface area contributed by atoms with Gasteiger partial charge in [-0.25, -0.2) is 4.79 Å². The van der Waals surface area contributed by atoms with Gasteiger partial charge >= 0.3 is 6.03 Å². The molecule has 1 spiro atoms. The van der Waals surface area contributed by atoms with Crippen LogP contribution < -0.4 is 5.32 Å². The van der Waals surface area contributed by atoms with Gasteiger partial charge in [-0.3, -0.25) is 14.5 Å². The molecule has 1 heterocycles. The maximum absolute atomic E-state index is 12.7. The maximum atomic E-state index is 12.7. The minimum absolute atomic E-state index is 0.200. The number of amides is 4. The topological polar surface area (TPSA) is 69.7 Å². The van der Waals surface area contributed by atoms with E-state index in [1.165, 1.54) is 0 Å². The van der Waals surface area contributed by atoms with Gasteiger partial charge in [-0.05, 0) is 30.9 Å². The van der Waals surface area contributed by atoms with E-state index in [4.69, 9.17) is 0 Å². The van der Waals surface area contributed by atoms with Crippen molar-refractivity contribution in [3.63, 3.8) is 0 Å². The average Bonchev–Trinajstić information content (AvgIpc) is 2.81. The van der Waals surface area contributed by atoms with Gasteiger partial charge in [0.2, 0.25) is 5.91 Å². The lowest BCUT2D eigenvalue weighted by molar-refractivity contribution is -0.139. The minimum Gasteiger partial charge on any atom is -0.340 e.